The smallest absolute Gasteiger partial charge is 0.344 e. The van der Waals surface area contributed by atoms with Crippen molar-refractivity contribution < 1.29 is 34.4 Å². The topological polar surface area (TPSA) is 129 Å². The maximum Gasteiger partial charge on any atom is 0.344 e. The second-order valence-electron chi connectivity index (χ2n) is 11.7. The fraction of sp³-hybridized carbons (Fsp3) is 0.297. The van der Waals surface area contributed by atoms with E-state index < -0.39 is 48.8 Å². The third kappa shape index (κ3) is 8.36. The zero-order chi connectivity index (χ0) is 34.2. The van der Waals surface area contributed by atoms with Crippen molar-refractivity contribution in [2.75, 3.05) is 19.8 Å². The lowest BCUT2D eigenvalue weighted by atomic mass is 9.77. The molecule has 1 unspecified atom stereocenters. The van der Waals surface area contributed by atoms with Gasteiger partial charge >= 0.3 is 5.97 Å². The van der Waals surface area contributed by atoms with Gasteiger partial charge in [-0.15, -0.1) is 0 Å². The number of aliphatic hydroxyl groups excluding tert-OH is 3. The standard InChI is InChI=1S/C37H38Cl2N2O7/c1-23(43)32(20-42)41-35(30-15-14-26(38)19-31(30)39)34(28-12-5-6-13-29(28)37(41)46)36(45)40-17-16-24-10-7-11-27(18-24)47-22-33(44)48-21-25-8-3-2-4-9-25/h2-15,18-19,23,32,34-36,40,42-43,45H,16-17,20-22H2,1H3/t23-,32-,34+,35-,36?/m0/s1. The van der Waals surface area contributed by atoms with Crippen LogP contribution in [0, 0.1) is 0 Å². The summed E-state index contributed by atoms with van der Waals surface area (Å²) in [6, 6.07) is 26.8. The van der Waals surface area contributed by atoms with Crippen LogP contribution >= 0.6 is 23.2 Å². The minimum atomic E-state index is -1.18. The molecule has 1 aliphatic rings. The number of rotatable bonds is 14. The Kier molecular flexibility index (Phi) is 12.1. The Balaban J connectivity index is 1.31. The van der Waals surface area contributed by atoms with E-state index in [0.29, 0.717) is 40.4 Å². The molecule has 11 heteroatoms. The first-order chi connectivity index (χ1) is 23.2. The monoisotopic (exact) mass is 692 g/mol. The quantitative estimate of drug-likeness (QED) is 0.104. The Morgan fingerprint density at radius 1 is 0.917 bits per heavy atom. The van der Waals surface area contributed by atoms with Gasteiger partial charge in [-0.2, -0.15) is 0 Å². The lowest BCUT2D eigenvalue weighted by Crippen LogP contribution is -2.56. The maximum atomic E-state index is 14.0. The number of hydrogen-bond acceptors (Lipinski definition) is 8. The summed E-state index contributed by atoms with van der Waals surface area (Å²) in [6.07, 6.45) is -1.75. The van der Waals surface area contributed by atoms with E-state index >= 15 is 0 Å². The molecule has 5 rings (SSSR count). The number of fused-ring (bicyclic) bond motifs is 1. The Morgan fingerprint density at radius 2 is 1.65 bits per heavy atom. The molecule has 0 aromatic heterocycles. The van der Waals surface area contributed by atoms with Gasteiger partial charge in [0.05, 0.1) is 24.8 Å². The second kappa shape index (κ2) is 16.4. The number of carbonyl (C=O) groups excluding carboxylic acids is 2. The van der Waals surface area contributed by atoms with Crippen molar-refractivity contribution >= 4 is 35.1 Å². The summed E-state index contributed by atoms with van der Waals surface area (Å²) in [5.74, 6) is -1.11. The summed E-state index contributed by atoms with van der Waals surface area (Å²) >= 11 is 12.9. The van der Waals surface area contributed by atoms with Gasteiger partial charge in [0, 0.05) is 28.1 Å². The molecular formula is C37H38Cl2N2O7. The van der Waals surface area contributed by atoms with E-state index in [1.165, 1.54) is 11.8 Å². The van der Waals surface area contributed by atoms with Crippen LogP contribution in [0.3, 0.4) is 0 Å². The van der Waals surface area contributed by atoms with Gasteiger partial charge in [0.15, 0.2) is 6.61 Å². The fourth-order valence-electron chi connectivity index (χ4n) is 6.05. The first-order valence-electron chi connectivity index (χ1n) is 15.7. The number of ether oxygens (including phenoxy) is 2. The Morgan fingerprint density at radius 3 is 2.38 bits per heavy atom. The van der Waals surface area contributed by atoms with Crippen LogP contribution in [0.25, 0.3) is 0 Å². The van der Waals surface area contributed by atoms with Gasteiger partial charge in [-0.1, -0.05) is 89.9 Å². The molecule has 1 aliphatic heterocycles. The molecule has 1 heterocycles. The third-order valence-electron chi connectivity index (χ3n) is 8.41. The predicted molar refractivity (Wildman–Crippen MR) is 183 cm³/mol. The molecule has 5 atom stereocenters. The van der Waals surface area contributed by atoms with E-state index in [9.17, 15) is 24.9 Å². The molecular weight excluding hydrogens is 655 g/mol. The highest BCUT2D eigenvalue weighted by Crippen LogP contribution is 2.47. The molecule has 4 aromatic carbocycles. The summed E-state index contributed by atoms with van der Waals surface area (Å²) in [6.45, 7) is 1.27. The summed E-state index contributed by atoms with van der Waals surface area (Å²) in [4.78, 5) is 27.6. The van der Waals surface area contributed by atoms with Crippen molar-refractivity contribution in [3.8, 4) is 5.75 Å². The van der Waals surface area contributed by atoms with Crippen molar-refractivity contribution in [1.82, 2.24) is 10.2 Å². The predicted octanol–water partition coefficient (Wildman–Crippen LogP) is 5.29. The first-order valence-corrected chi connectivity index (χ1v) is 16.4. The Bertz CT molecular complexity index is 1700. The van der Waals surface area contributed by atoms with Crippen molar-refractivity contribution in [3.05, 3.63) is 135 Å². The molecule has 0 radical (unpaired) electrons. The highest BCUT2D eigenvalue weighted by molar-refractivity contribution is 6.35. The van der Waals surface area contributed by atoms with E-state index in [4.69, 9.17) is 32.7 Å². The number of nitrogens with zero attached hydrogens (tertiary/aromatic N) is 1. The minimum absolute atomic E-state index is 0.166. The number of benzene rings is 4. The maximum absolute atomic E-state index is 14.0. The van der Waals surface area contributed by atoms with E-state index in [-0.39, 0.29) is 18.2 Å². The van der Waals surface area contributed by atoms with Crippen molar-refractivity contribution in [2.24, 2.45) is 0 Å². The van der Waals surface area contributed by atoms with Gasteiger partial charge in [0.25, 0.3) is 5.91 Å². The van der Waals surface area contributed by atoms with Crippen molar-refractivity contribution in [2.45, 2.75) is 50.3 Å². The number of carbonyl (C=O) groups is 2. The summed E-state index contributed by atoms with van der Waals surface area (Å²) in [5.41, 5.74) is 3.26. The van der Waals surface area contributed by atoms with Gasteiger partial charge in [-0.3, -0.25) is 10.1 Å². The molecule has 0 spiro atoms. The zero-order valence-corrected chi connectivity index (χ0v) is 27.8. The number of amides is 1. The van der Waals surface area contributed by atoms with Crippen LogP contribution in [-0.2, 0) is 22.6 Å². The van der Waals surface area contributed by atoms with Crippen LogP contribution in [0.2, 0.25) is 10.0 Å². The van der Waals surface area contributed by atoms with Crippen LogP contribution in [0.1, 0.15) is 51.5 Å². The number of nitrogens with one attached hydrogen (secondary N) is 1. The SMILES string of the molecule is C[C@H](O)[C@H](CO)N1C(=O)c2ccccc2[C@@H](C(O)NCCc2cccc(OCC(=O)OCc3ccccc3)c2)[C@@H]1c1ccc(Cl)cc1Cl. The minimum Gasteiger partial charge on any atom is -0.482 e. The second-order valence-corrected chi connectivity index (χ2v) is 12.5. The molecule has 0 bridgehead atoms. The molecule has 0 aliphatic carbocycles. The number of halogens is 2. The zero-order valence-electron chi connectivity index (χ0n) is 26.3. The van der Waals surface area contributed by atoms with Crippen LogP contribution in [0.5, 0.6) is 5.75 Å². The Hall–Kier alpha value is -3.96. The van der Waals surface area contributed by atoms with Crippen LogP contribution in [-0.4, -0.2) is 70.2 Å². The number of esters is 1. The lowest BCUT2D eigenvalue weighted by Gasteiger charge is -2.48. The van der Waals surface area contributed by atoms with E-state index in [1.54, 1.807) is 48.5 Å². The summed E-state index contributed by atoms with van der Waals surface area (Å²) < 4.78 is 11.0. The summed E-state index contributed by atoms with van der Waals surface area (Å²) in [7, 11) is 0. The van der Waals surface area contributed by atoms with Gasteiger partial charge in [-0.05, 0) is 65.9 Å². The molecule has 0 saturated carbocycles. The molecule has 4 N–H and O–H groups in total. The fourth-order valence-corrected chi connectivity index (χ4v) is 6.57. The van der Waals surface area contributed by atoms with Gasteiger partial charge < -0.3 is 29.7 Å². The molecule has 0 fully saturated rings. The van der Waals surface area contributed by atoms with E-state index in [2.05, 4.69) is 5.32 Å². The van der Waals surface area contributed by atoms with Gasteiger partial charge in [-0.25, -0.2) is 4.79 Å². The average Bonchev–Trinajstić information content (AvgIpc) is 3.08. The molecule has 1 amide bonds. The molecule has 0 saturated heterocycles. The average molecular weight is 694 g/mol. The normalized spacial score (nSPS) is 17.7. The van der Waals surface area contributed by atoms with E-state index in [0.717, 1.165) is 11.1 Å². The van der Waals surface area contributed by atoms with Crippen molar-refractivity contribution in [1.29, 1.82) is 0 Å². The largest absolute Gasteiger partial charge is 0.482 e. The number of aliphatic hydroxyl groups is 3. The summed E-state index contributed by atoms with van der Waals surface area (Å²) in [5, 5.41) is 36.6. The molecule has 9 nitrogen and oxygen atoms in total. The third-order valence-corrected chi connectivity index (χ3v) is 8.97. The van der Waals surface area contributed by atoms with Crippen LogP contribution < -0.4 is 10.1 Å². The van der Waals surface area contributed by atoms with Crippen molar-refractivity contribution in [3.63, 3.8) is 0 Å². The van der Waals surface area contributed by atoms with Crippen LogP contribution in [0.15, 0.2) is 97.1 Å². The van der Waals surface area contributed by atoms with E-state index in [1.807, 2.05) is 48.5 Å². The molecule has 4 aromatic rings. The molecule has 252 valence electrons. The van der Waals surface area contributed by atoms with Crippen LogP contribution in [0.4, 0.5) is 0 Å². The number of hydrogen-bond donors (Lipinski definition) is 4. The highest BCUT2D eigenvalue weighted by atomic mass is 35.5. The molecule has 48 heavy (non-hydrogen) atoms. The lowest BCUT2D eigenvalue weighted by molar-refractivity contribution is -0.147. The van der Waals surface area contributed by atoms with Gasteiger partial charge in [0.1, 0.15) is 18.6 Å². The Labute approximate surface area is 289 Å². The first kappa shape index (κ1) is 35.3. The van der Waals surface area contributed by atoms with Gasteiger partial charge in [0.2, 0.25) is 0 Å². The highest BCUT2D eigenvalue weighted by Gasteiger charge is 2.47.